The first-order chi connectivity index (χ1) is 14.8. The molecule has 1 amide bonds. The lowest BCUT2D eigenvalue weighted by molar-refractivity contribution is -0.112. The van der Waals surface area contributed by atoms with Crippen molar-refractivity contribution in [2.75, 3.05) is 12.4 Å². The SMILES string of the molecule is COC(=O)c1ccc(-n2c(C)cc(/C=C(\C#N)C(=O)Nc3cccc(C)c3)c2C)cc1. The molecule has 2 aromatic carbocycles. The predicted molar refractivity (Wildman–Crippen MR) is 120 cm³/mol. The van der Waals surface area contributed by atoms with Crippen LogP contribution in [0.2, 0.25) is 0 Å². The number of anilines is 1. The number of nitrogens with zero attached hydrogens (tertiary/aromatic N) is 2. The minimum atomic E-state index is -0.458. The first-order valence-corrected chi connectivity index (χ1v) is 9.71. The van der Waals surface area contributed by atoms with Gasteiger partial charge in [-0.25, -0.2) is 4.79 Å². The number of hydrogen-bond donors (Lipinski definition) is 1. The maximum Gasteiger partial charge on any atom is 0.337 e. The fourth-order valence-electron chi connectivity index (χ4n) is 3.42. The Labute approximate surface area is 181 Å². The maximum atomic E-state index is 12.6. The third kappa shape index (κ3) is 4.73. The summed E-state index contributed by atoms with van der Waals surface area (Å²) in [5.41, 5.74) is 5.58. The highest BCUT2D eigenvalue weighted by Crippen LogP contribution is 2.24. The quantitative estimate of drug-likeness (QED) is 0.372. The Morgan fingerprint density at radius 3 is 2.39 bits per heavy atom. The van der Waals surface area contributed by atoms with Crippen molar-refractivity contribution in [2.24, 2.45) is 0 Å². The van der Waals surface area contributed by atoms with Crippen LogP contribution in [0.5, 0.6) is 0 Å². The van der Waals surface area contributed by atoms with Crippen molar-refractivity contribution in [1.29, 1.82) is 5.26 Å². The van der Waals surface area contributed by atoms with E-state index in [-0.39, 0.29) is 5.57 Å². The number of aromatic nitrogens is 1. The molecule has 0 radical (unpaired) electrons. The van der Waals surface area contributed by atoms with Gasteiger partial charge in [-0.05, 0) is 80.4 Å². The van der Waals surface area contributed by atoms with Crippen molar-refractivity contribution < 1.29 is 14.3 Å². The number of nitriles is 1. The molecule has 6 heteroatoms. The average Bonchev–Trinajstić information content (AvgIpc) is 3.04. The molecule has 3 aromatic rings. The molecule has 1 aromatic heterocycles. The number of ether oxygens (including phenoxy) is 1. The number of carbonyl (C=O) groups excluding carboxylic acids is 2. The van der Waals surface area contributed by atoms with E-state index in [0.29, 0.717) is 11.3 Å². The molecule has 31 heavy (non-hydrogen) atoms. The van der Waals surface area contributed by atoms with Gasteiger partial charge in [0.15, 0.2) is 0 Å². The highest BCUT2D eigenvalue weighted by molar-refractivity contribution is 6.09. The van der Waals surface area contributed by atoms with Gasteiger partial charge in [0.2, 0.25) is 0 Å². The number of amides is 1. The molecular weight excluding hydrogens is 390 g/mol. The Morgan fingerprint density at radius 1 is 1.06 bits per heavy atom. The van der Waals surface area contributed by atoms with E-state index < -0.39 is 11.9 Å². The van der Waals surface area contributed by atoms with Crippen LogP contribution >= 0.6 is 0 Å². The number of esters is 1. The van der Waals surface area contributed by atoms with Crippen molar-refractivity contribution in [3.63, 3.8) is 0 Å². The van der Waals surface area contributed by atoms with Crippen molar-refractivity contribution >= 4 is 23.6 Å². The standard InChI is InChI=1S/C25H23N3O3/c1-16-6-5-7-22(12-16)27-24(29)21(15-26)14-20-13-17(2)28(18(20)3)23-10-8-19(9-11-23)25(30)31-4/h5-14H,1-4H3,(H,27,29)/b21-14+. The van der Waals surface area contributed by atoms with Gasteiger partial charge in [0.05, 0.1) is 12.7 Å². The van der Waals surface area contributed by atoms with Crippen LogP contribution in [0.15, 0.2) is 60.2 Å². The number of carbonyl (C=O) groups is 2. The molecule has 6 nitrogen and oxygen atoms in total. The maximum absolute atomic E-state index is 12.6. The summed E-state index contributed by atoms with van der Waals surface area (Å²) in [6, 6.07) is 18.4. The number of rotatable bonds is 5. The third-order valence-electron chi connectivity index (χ3n) is 4.96. The second-order valence-electron chi connectivity index (χ2n) is 7.19. The minimum absolute atomic E-state index is 0.0165. The summed E-state index contributed by atoms with van der Waals surface area (Å²) in [6.07, 6.45) is 1.59. The van der Waals surface area contributed by atoms with Crippen molar-refractivity contribution in [1.82, 2.24) is 4.57 Å². The van der Waals surface area contributed by atoms with Gasteiger partial charge in [0.1, 0.15) is 11.6 Å². The molecule has 0 aliphatic rings. The largest absolute Gasteiger partial charge is 0.465 e. The van der Waals surface area contributed by atoms with Gasteiger partial charge < -0.3 is 14.6 Å². The second-order valence-corrected chi connectivity index (χ2v) is 7.19. The Balaban J connectivity index is 1.91. The predicted octanol–water partition coefficient (Wildman–Crippen LogP) is 4.73. The van der Waals surface area contributed by atoms with E-state index in [2.05, 4.69) is 5.32 Å². The molecule has 0 unspecified atom stereocenters. The summed E-state index contributed by atoms with van der Waals surface area (Å²) < 4.78 is 6.74. The lowest BCUT2D eigenvalue weighted by Gasteiger charge is -2.10. The lowest BCUT2D eigenvalue weighted by Crippen LogP contribution is -2.13. The summed E-state index contributed by atoms with van der Waals surface area (Å²) >= 11 is 0. The molecule has 3 rings (SSSR count). The lowest BCUT2D eigenvalue weighted by atomic mass is 10.1. The molecule has 1 heterocycles. The van der Waals surface area contributed by atoms with E-state index in [4.69, 9.17) is 4.74 Å². The monoisotopic (exact) mass is 413 g/mol. The van der Waals surface area contributed by atoms with Gasteiger partial charge >= 0.3 is 5.97 Å². The molecule has 0 bridgehead atoms. The zero-order valence-electron chi connectivity index (χ0n) is 17.9. The Morgan fingerprint density at radius 2 is 1.77 bits per heavy atom. The highest BCUT2D eigenvalue weighted by atomic mass is 16.5. The Hall–Kier alpha value is -4.11. The van der Waals surface area contributed by atoms with E-state index in [1.54, 1.807) is 24.3 Å². The van der Waals surface area contributed by atoms with Crippen LogP contribution in [0.1, 0.15) is 32.9 Å². The van der Waals surface area contributed by atoms with Crippen molar-refractivity contribution in [3.8, 4) is 11.8 Å². The zero-order chi connectivity index (χ0) is 22.5. The molecule has 0 fully saturated rings. The van der Waals surface area contributed by atoms with Crippen LogP contribution in [0.3, 0.4) is 0 Å². The van der Waals surface area contributed by atoms with Gasteiger partial charge in [-0.15, -0.1) is 0 Å². The number of hydrogen-bond acceptors (Lipinski definition) is 4. The van der Waals surface area contributed by atoms with E-state index in [1.165, 1.54) is 7.11 Å². The van der Waals surface area contributed by atoms with E-state index in [1.807, 2.05) is 67.8 Å². The molecule has 0 aliphatic heterocycles. The van der Waals surface area contributed by atoms with Gasteiger partial charge in [0.25, 0.3) is 5.91 Å². The van der Waals surface area contributed by atoms with Crippen LogP contribution in [-0.4, -0.2) is 23.6 Å². The smallest absolute Gasteiger partial charge is 0.337 e. The minimum Gasteiger partial charge on any atom is -0.465 e. The van der Waals surface area contributed by atoms with E-state index >= 15 is 0 Å². The molecule has 156 valence electrons. The summed E-state index contributed by atoms with van der Waals surface area (Å²) in [5.74, 6) is -0.852. The van der Waals surface area contributed by atoms with Gasteiger partial charge in [-0.1, -0.05) is 12.1 Å². The van der Waals surface area contributed by atoms with Gasteiger partial charge in [0, 0.05) is 22.8 Å². The molecule has 0 atom stereocenters. The summed E-state index contributed by atoms with van der Waals surface area (Å²) in [7, 11) is 1.34. The molecule has 0 spiro atoms. The third-order valence-corrected chi connectivity index (χ3v) is 4.96. The van der Waals surface area contributed by atoms with Crippen LogP contribution < -0.4 is 5.32 Å². The van der Waals surface area contributed by atoms with Crippen LogP contribution in [-0.2, 0) is 9.53 Å². The Kier molecular flexibility index (Phi) is 6.37. The fourth-order valence-corrected chi connectivity index (χ4v) is 3.42. The summed E-state index contributed by atoms with van der Waals surface area (Å²) in [5, 5.41) is 12.3. The number of nitrogens with one attached hydrogen (secondary N) is 1. The van der Waals surface area contributed by atoms with Crippen LogP contribution in [0.4, 0.5) is 5.69 Å². The molecule has 1 N–H and O–H groups in total. The molecule has 0 saturated carbocycles. The topological polar surface area (TPSA) is 84.1 Å². The molecule has 0 saturated heterocycles. The van der Waals surface area contributed by atoms with Gasteiger partial charge in [-0.2, -0.15) is 5.26 Å². The zero-order valence-corrected chi connectivity index (χ0v) is 17.9. The van der Waals surface area contributed by atoms with E-state index in [9.17, 15) is 14.9 Å². The second kappa shape index (κ2) is 9.14. The Bertz CT molecular complexity index is 1210. The van der Waals surface area contributed by atoms with Gasteiger partial charge in [-0.3, -0.25) is 4.79 Å². The molecular formula is C25H23N3O3. The first kappa shape index (κ1) is 21.6. The fraction of sp³-hybridized carbons (Fsp3) is 0.160. The summed E-state index contributed by atoms with van der Waals surface area (Å²) in [6.45, 7) is 5.79. The van der Waals surface area contributed by atoms with Crippen molar-refractivity contribution in [3.05, 3.63) is 88.2 Å². The number of benzene rings is 2. The molecule has 0 aliphatic carbocycles. The van der Waals surface area contributed by atoms with Crippen LogP contribution in [0, 0.1) is 32.1 Å². The van der Waals surface area contributed by atoms with E-state index in [0.717, 1.165) is 28.2 Å². The normalized spacial score (nSPS) is 11.0. The first-order valence-electron chi connectivity index (χ1n) is 9.71. The number of aryl methyl sites for hydroxylation is 2. The average molecular weight is 413 g/mol. The number of methoxy groups -OCH3 is 1. The highest BCUT2D eigenvalue weighted by Gasteiger charge is 2.15. The van der Waals surface area contributed by atoms with Crippen LogP contribution in [0.25, 0.3) is 11.8 Å². The summed E-state index contributed by atoms with van der Waals surface area (Å²) in [4.78, 5) is 24.3. The van der Waals surface area contributed by atoms with Crippen molar-refractivity contribution in [2.45, 2.75) is 20.8 Å².